The molecule has 0 radical (unpaired) electrons. The SMILES string of the molecule is c1ccc(-c2cc(-c3ccccc3)nc(-c3ccc4ccc(-c5ccc6ccc(-c7ccc8cc(-c9ccc%10ccc%11cccnc%11c%10n9)ccc8c7)nc6c5)cc4n3)n2)cc1.c1ccc(-c2ccc3ccc(-c4ccc5ccc(-c6nc(-c7cccnc7)cc(-c7cccnc7)n6)nc5c4)cc3n2)cc1. The maximum absolute atomic E-state index is 5.19. The highest BCUT2D eigenvalue weighted by Crippen LogP contribution is 2.36. The fraction of sp³-hybridized carbons (Fsp3) is 0. The summed E-state index contributed by atoms with van der Waals surface area (Å²) in [5.74, 6) is 1.13. The number of benzene rings is 10. The Hall–Kier alpha value is -14.6. The van der Waals surface area contributed by atoms with Gasteiger partial charge in [-0.1, -0.05) is 212 Å². The van der Waals surface area contributed by atoms with Crippen LogP contribution in [0.1, 0.15) is 0 Å². The van der Waals surface area contributed by atoms with Gasteiger partial charge in [0.05, 0.1) is 73.0 Å². The molecule has 0 unspecified atom stereocenters. The van der Waals surface area contributed by atoms with Crippen molar-refractivity contribution in [2.45, 2.75) is 0 Å². The predicted octanol–water partition coefficient (Wildman–Crippen LogP) is 22.5. The molecular weight excluding hydrogens is 1300 g/mol. The van der Waals surface area contributed by atoms with Crippen molar-refractivity contribution in [3.05, 3.63) is 353 Å². The van der Waals surface area contributed by atoms with E-state index in [4.69, 9.17) is 44.9 Å². The largest absolute Gasteiger partial charge is 0.264 e. The van der Waals surface area contributed by atoms with Gasteiger partial charge in [-0.15, -0.1) is 0 Å². The zero-order valence-electron chi connectivity index (χ0n) is 56.9. The first-order valence-electron chi connectivity index (χ1n) is 35.0. The first kappa shape index (κ1) is 62.4. The van der Waals surface area contributed by atoms with Crippen LogP contribution in [-0.2, 0) is 0 Å². The second-order valence-electron chi connectivity index (χ2n) is 26.1. The predicted molar refractivity (Wildman–Crippen MR) is 429 cm³/mol. The Kier molecular flexibility index (Phi) is 15.9. The van der Waals surface area contributed by atoms with E-state index >= 15 is 0 Å². The third kappa shape index (κ3) is 12.5. The van der Waals surface area contributed by atoms with Gasteiger partial charge >= 0.3 is 0 Å². The van der Waals surface area contributed by atoms with Crippen LogP contribution in [0.3, 0.4) is 0 Å². The van der Waals surface area contributed by atoms with E-state index in [1.165, 1.54) is 0 Å². The van der Waals surface area contributed by atoms with E-state index in [0.717, 1.165) is 183 Å². The Morgan fingerprint density at radius 2 is 0.472 bits per heavy atom. The normalized spacial score (nSPS) is 11.4. The van der Waals surface area contributed by atoms with Crippen LogP contribution < -0.4 is 0 Å². The smallest absolute Gasteiger partial charge is 0.179 e. The summed E-state index contributed by atoms with van der Waals surface area (Å²) in [6.07, 6.45) is 8.95. The first-order valence-corrected chi connectivity index (χ1v) is 35.0. The highest BCUT2D eigenvalue weighted by molar-refractivity contribution is 6.04. The number of pyridine rings is 8. The van der Waals surface area contributed by atoms with Crippen molar-refractivity contribution in [2.75, 3.05) is 0 Å². The fourth-order valence-corrected chi connectivity index (χ4v) is 13.8. The van der Waals surface area contributed by atoms with Crippen molar-refractivity contribution >= 4 is 76.2 Å². The lowest BCUT2D eigenvalue weighted by atomic mass is 9.99. The van der Waals surface area contributed by atoms with E-state index in [0.29, 0.717) is 17.3 Å². The summed E-state index contributed by atoms with van der Waals surface area (Å²) in [7, 11) is 0. The quantitative estimate of drug-likeness (QED) is 0.113. The van der Waals surface area contributed by atoms with Crippen LogP contribution in [0, 0.1) is 0 Å². The minimum absolute atomic E-state index is 0.542. The molecule has 0 aliphatic rings. The second-order valence-corrected chi connectivity index (χ2v) is 26.1. The van der Waals surface area contributed by atoms with Gasteiger partial charge in [0, 0.05) is 102 Å². The van der Waals surface area contributed by atoms with E-state index in [2.05, 4.69) is 227 Å². The van der Waals surface area contributed by atoms with Crippen molar-refractivity contribution in [3.63, 3.8) is 0 Å². The van der Waals surface area contributed by atoms with Crippen LogP contribution in [0.4, 0.5) is 0 Å². The molecule has 0 aliphatic heterocycles. The molecule has 106 heavy (non-hydrogen) atoms. The lowest BCUT2D eigenvalue weighted by Gasteiger charge is -2.10. The maximum Gasteiger partial charge on any atom is 0.179 e. The molecule has 20 aromatic rings. The zero-order chi connectivity index (χ0) is 70.3. The number of nitrogens with zero attached hydrogens (tertiary/aromatic N) is 12. The summed E-state index contributed by atoms with van der Waals surface area (Å²) in [6.45, 7) is 0. The summed E-state index contributed by atoms with van der Waals surface area (Å²) < 4.78 is 0. The molecule has 0 aliphatic carbocycles. The molecule has 0 saturated carbocycles. The molecule has 12 nitrogen and oxygen atoms in total. The highest BCUT2D eigenvalue weighted by Gasteiger charge is 2.18. The molecule has 0 amide bonds. The molecule has 12 heteroatoms. The standard InChI is InChI=1S/C56H34N6.C38H24N6/c1-3-8-35(9-4-1)52-34-53(36-10-5-2-6-11-36)62-56(61-52)49-28-24-38-14-18-44(33-51(38)59-49)43-17-13-37-23-26-47(58-50(37)32-43)45-21-19-42-31-46(22-20-41(42)30-45)48-27-25-40-16-15-39-12-7-29-57-54(39)55(40)60-48;1-2-6-25(7-3-1)32-16-14-26-10-12-28(20-34(26)41-32)29-13-11-27-15-17-33(42-35(27)21-29)38-43-36(30-8-4-18-39-23-30)22-37(44-38)31-9-5-19-40-24-31/h1-34H;1-24H. The number of aromatic nitrogens is 12. The van der Waals surface area contributed by atoms with E-state index in [-0.39, 0.29) is 0 Å². The fourth-order valence-electron chi connectivity index (χ4n) is 13.8. The zero-order valence-corrected chi connectivity index (χ0v) is 56.9. The summed E-state index contributed by atoms with van der Waals surface area (Å²) in [5.41, 5.74) is 24.3. The first-order chi connectivity index (χ1) is 52.4. The van der Waals surface area contributed by atoms with E-state index < -0.39 is 0 Å². The third-order valence-electron chi connectivity index (χ3n) is 19.3. The Morgan fingerprint density at radius 1 is 0.160 bits per heavy atom. The Balaban J connectivity index is 0.000000154. The Labute approximate surface area is 609 Å². The van der Waals surface area contributed by atoms with Crippen molar-refractivity contribution in [3.8, 4) is 124 Å². The summed E-state index contributed by atoms with van der Waals surface area (Å²) in [5, 5.41) is 8.73. The Bertz CT molecular complexity index is 6650. The number of fused-ring (bicyclic) bond motifs is 8. The molecule has 0 bridgehead atoms. The Morgan fingerprint density at radius 3 is 0.896 bits per heavy atom. The van der Waals surface area contributed by atoms with E-state index in [1.807, 2.05) is 115 Å². The molecule has 0 atom stereocenters. The lowest BCUT2D eigenvalue weighted by Crippen LogP contribution is -1.98. The van der Waals surface area contributed by atoms with Crippen LogP contribution in [0.5, 0.6) is 0 Å². The monoisotopic (exact) mass is 1350 g/mol. The molecule has 0 spiro atoms. The van der Waals surface area contributed by atoms with Crippen LogP contribution in [0.25, 0.3) is 200 Å². The topological polar surface area (TPSA) is 155 Å². The van der Waals surface area contributed by atoms with Gasteiger partial charge in [-0.3, -0.25) is 15.0 Å². The molecule has 494 valence electrons. The number of hydrogen-bond donors (Lipinski definition) is 0. The van der Waals surface area contributed by atoms with Gasteiger partial charge in [-0.2, -0.15) is 0 Å². The molecule has 10 aromatic heterocycles. The van der Waals surface area contributed by atoms with E-state index in [9.17, 15) is 0 Å². The molecule has 10 heterocycles. The van der Waals surface area contributed by atoms with Crippen LogP contribution in [-0.4, -0.2) is 59.8 Å². The van der Waals surface area contributed by atoms with Crippen molar-refractivity contribution < 1.29 is 0 Å². The number of rotatable bonds is 11. The van der Waals surface area contributed by atoms with E-state index in [1.54, 1.807) is 24.8 Å². The maximum atomic E-state index is 5.19. The highest BCUT2D eigenvalue weighted by atomic mass is 14.9. The molecule has 20 rings (SSSR count). The van der Waals surface area contributed by atoms with Gasteiger partial charge in [0.15, 0.2) is 11.6 Å². The average molecular weight is 1360 g/mol. The second kappa shape index (κ2) is 27.0. The molecule has 0 N–H and O–H groups in total. The van der Waals surface area contributed by atoms with Gasteiger partial charge in [-0.25, -0.2) is 44.9 Å². The van der Waals surface area contributed by atoms with Crippen LogP contribution in [0.2, 0.25) is 0 Å². The lowest BCUT2D eigenvalue weighted by molar-refractivity contribution is 1.15. The van der Waals surface area contributed by atoms with Gasteiger partial charge in [0.25, 0.3) is 0 Å². The third-order valence-corrected chi connectivity index (χ3v) is 19.3. The molecule has 0 fully saturated rings. The van der Waals surface area contributed by atoms with Crippen molar-refractivity contribution in [2.24, 2.45) is 0 Å². The van der Waals surface area contributed by atoms with Crippen LogP contribution in [0.15, 0.2) is 353 Å². The van der Waals surface area contributed by atoms with Crippen LogP contribution >= 0.6 is 0 Å². The minimum Gasteiger partial charge on any atom is -0.264 e. The number of hydrogen-bond acceptors (Lipinski definition) is 12. The van der Waals surface area contributed by atoms with Gasteiger partial charge in [0.1, 0.15) is 11.4 Å². The minimum atomic E-state index is 0.542. The van der Waals surface area contributed by atoms with Gasteiger partial charge in [-0.05, 0) is 142 Å². The van der Waals surface area contributed by atoms with Crippen molar-refractivity contribution in [1.82, 2.24) is 59.8 Å². The molecule has 0 saturated heterocycles. The summed E-state index contributed by atoms with van der Waals surface area (Å²) in [6, 6.07) is 110. The summed E-state index contributed by atoms with van der Waals surface area (Å²) in [4.78, 5) is 58.5. The van der Waals surface area contributed by atoms with Gasteiger partial charge in [0.2, 0.25) is 0 Å². The molecular formula is C94H58N12. The molecule has 10 aromatic carbocycles. The average Bonchev–Trinajstić information content (AvgIpc) is 0.786. The van der Waals surface area contributed by atoms with Crippen molar-refractivity contribution in [1.29, 1.82) is 0 Å². The summed E-state index contributed by atoms with van der Waals surface area (Å²) >= 11 is 0. The van der Waals surface area contributed by atoms with Gasteiger partial charge < -0.3 is 0 Å².